The van der Waals surface area contributed by atoms with Gasteiger partial charge < -0.3 is 15.2 Å². The van der Waals surface area contributed by atoms with Crippen molar-refractivity contribution in [2.24, 2.45) is 5.84 Å². The van der Waals surface area contributed by atoms with Gasteiger partial charge in [0, 0.05) is 37.2 Å². The summed E-state index contributed by atoms with van der Waals surface area (Å²) in [6.45, 7) is 11.6. The molecule has 112 valence electrons. The Morgan fingerprint density at radius 2 is 2.00 bits per heavy atom. The van der Waals surface area contributed by atoms with Crippen LogP contribution in [0.15, 0.2) is 6.07 Å². The summed E-state index contributed by atoms with van der Waals surface area (Å²) >= 11 is 0. The molecular weight excluding hydrogens is 252 g/mol. The number of aromatic nitrogens is 2. The summed E-state index contributed by atoms with van der Waals surface area (Å²) in [5.74, 6) is 7.99. The largest absolute Gasteiger partial charge is 0.354 e. The average molecular weight is 278 g/mol. The zero-order chi connectivity index (χ0) is 14.9. The Morgan fingerprint density at radius 3 is 2.55 bits per heavy atom. The van der Waals surface area contributed by atoms with Crippen LogP contribution in [0.5, 0.6) is 0 Å². The molecule has 2 rings (SSSR count). The van der Waals surface area contributed by atoms with Crippen molar-refractivity contribution in [3.63, 3.8) is 0 Å². The van der Waals surface area contributed by atoms with E-state index >= 15 is 0 Å². The van der Waals surface area contributed by atoms with Crippen LogP contribution in [0.2, 0.25) is 0 Å². The van der Waals surface area contributed by atoms with Crippen molar-refractivity contribution in [2.75, 3.05) is 37.0 Å². The number of likely N-dealkylation sites (N-methyl/N-ethyl adjacent to an activating group) is 1. The Balaban J connectivity index is 2.31. The first-order valence-corrected chi connectivity index (χ1v) is 7.12. The Morgan fingerprint density at radius 1 is 1.30 bits per heavy atom. The van der Waals surface area contributed by atoms with Crippen molar-refractivity contribution in [1.82, 2.24) is 14.9 Å². The second kappa shape index (κ2) is 5.54. The number of hydrogen-bond acceptors (Lipinski definition) is 6. The molecule has 0 saturated carbocycles. The lowest BCUT2D eigenvalue weighted by Gasteiger charge is -2.38. The number of hydrazine groups is 1. The topological polar surface area (TPSA) is 70.3 Å². The fourth-order valence-corrected chi connectivity index (χ4v) is 2.26. The minimum absolute atomic E-state index is 0.0974. The van der Waals surface area contributed by atoms with Gasteiger partial charge in [-0.05, 0) is 14.0 Å². The maximum Gasteiger partial charge on any atom is 0.145 e. The highest BCUT2D eigenvalue weighted by atomic mass is 15.3. The van der Waals surface area contributed by atoms with Crippen LogP contribution in [0, 0.1) is 0 Å². The normalized spacial score (nSPS) is 21.1. The minimum Gasteiger partial charge on any atom is -0.354 e. The van der Waals surface area contributed by atoms with E-state index in [1.54, 1.807) is 0 Å². The molecule has 0 radical (unpaired) electrons. The highest BCUT2D eigenvalue weighted by Crippen LogP contribution is 2.25. The van der Waals surface area contributed by atoms with Crippen molar-refractivity contribution in [1.29, 1.82) is 0 Å². The molecule has 1 aliphatic rings. The van der Waals surface area contributed by atoms with Crippen LogP contribution in [0.4, 0.5) is 11.6 Å². The highest BCUT2D eigenvalue weighted by Gasteiger charge is 2.24. The molecule has 1 aliphatic heterocycles. The van der Waals surface area contributed by atoms with Gasteiger partial charge >= 0.3 is 0 Å². The third-order valence-electron chi connectivity index (χ3n) is 3.82. The number of nitrogen functional groups attached to an aromatic ring is 1. The van der Waals surface area contributed by atoms with Crippen LogP contribution < -0.4 is 16.2 Å². The van der Waals surface area contributed by atoms with Crippen molar-refractivity contribution in [2.45, 2.75) is 39.2 Å². The van der Waals surface area contributed by atoms with E-state index in [0.717, 1.165) is 31.3 Å². The number of nitrogens with zero attached hydrogens (tertiary/aromatic N) is 4. The quantitative estimate of drug-likeness (QED) is 0.626. The van der Waals surface area contributed by atoms with Crippen LogP contribution in [0.3, 0.4) is 0 Å². The number of piperazine rings is 1. The van der Waals surface area contributed by atoms with Crippen molar-refractivity contribution in [3.05, 3.63) is 11.9 Å². The summed E-state index contributed by atoms with van der Waals surface area (Å²) in [5.41, 5.74) is 2.55. The van der Waals surface area contributed by atoms with Gasteiger partial charge in [-0.25, -0.2) is 15.8 Å². The predicted molar refractivity (Wildman–Crippen MR) is 82.8 cm³/mol. The lowest BCUT2D eigenvalue weighted by molar-refractivity contribution is 0.233. The number of rotatable bonds is 2. The van der Waals surface area contributed by atoms with Gasteiger partial charge in [-0.15, -0.1) is 0 Å². The third kappa shape index (κ3) is 3.19. The summed E-state index contributed by atoms with van der Waals surface area (Å²) in [7, 11) is 2.16. The smallest absolute Gasteiger partial charge is 0.145 e. The maximum absolute atomic E-state index is 5.54. The molecule has 20 heavy (non-hydrogen) atoms. The molecule has 2 heterocycles. The Kier molecular flexibility index (Phi) is 4.15. The lowest BCUT2D eigenvalue weighted by atomic mass is 9.96. The van der Waals surface area contributed by atoms with Crippen LogP contribution in [-0.2, 0) is 5.41 Å². The number of nitrogens with two attached hydrogens (primary N) is 1. The van der Waals surface area contributed by atoms with Crippen molar-refractivity contribution >= 4 is 11.6 Å². The predicted octanol–water partition coefficient (Wildman–Crippen LogP) is 1.20. The number of anilines is 2. The third-order valence-corrected chi connectivity index (χ3v) is 3.82. The monoisotopic (exact) mass is 278 g/mol. The van der Waals surface area contributed by atoms with E-state index in [-0.39, 0.29) is 5.41 Å². The van der Waals surface area contributed by atoms with E-state index in [9.17, 15) is 0 Å². The molecule has 6 nitrogen and oxygen atoms in total. The second-order valence-electron chi connectivity index (χ2n) is 6.60. The first kappa shape index (κ1) is 15.0. The Bertz CT molecular complexity index is 467. The highest BCUT2D eigenvalue weighted by molar-refractivity contribution is 5.50. The van der Waals surface area contributed by atoms with Gasteiger partial charge in [0.1, 0.15) is 17.5 Å². The SMILES string of the molecule is CC1CN(c2cc(NN)nc(C(C)(C)C)n2)CCN1C. The van der Waals surface area contributed by atoms with E-state index in [0.29, 0.717) is 11.9 Å². The van der Waals surface area contributed by atoms with E-state index in [1.165, 1.54) is 0 Å². The van der Waals surface area contributed by atoms with Crippen LogP contribution in [-0.4, -0.2) is 47.6 Å². The molecule has 0 spiro atoms. The fraction of sp³-hybridized carbons (Fsp3) is 0.714. The molecular formula is C14H26N6. The zero-order valence-electron chi connectivity index (χ0n) is 13.1. The van der Waals surface area contributed by atoms with E-state index in [1.807, 2.05) is 6.07 Å². The molecule has 0 aliphatic carbocycles. The first-order chi connectivity index (χ1) is 9.31. The Labute approximate surface area is 121 Å². The second-order valence-corrected chi connectivity index (χ2v) is 6.60. The molecule has 0 bridgehead atoms. The zero-order valence-corrected chi connectivity index (χ0v) is 13.1. The Hall–Kier alpha value is -1.40. The molecule has 1 fully saturated rings. The average Bonchev–Trinajstić information content (AvgIpc) is 2.40. The summed E-state index contributed by atoms with van der Waals surface area (Å²) in [4.78, 5) is 13.9. The molecule has 1 unspecified atom stereocenters. The van der Waals surface area contributed by atoms with Gasteiger partial charge in [0.2, 0.25) is 0 Å². The van der Waals surface area contributed by atoms with Gasteiger partial charge in [0.15, 0.2) is 0 Å². The van der Waals surface area contributed by atoms with Crippen LogP contribution in [0.25, 0.3) is 0 Å². The number of hydrogen-bond donors (Lipinski definition) is 2. The molecule has 3 N–H and O–H groups in total. The van der Waals surface area contributed by atoms with Gasteiger partial charge in [0.25, 0.3) is 0 Å². The van der Waals surface area contributed by atoms with E-state index in [4.69, 9.17) is 10.8 Å². The number of nitrogens with one attached hydrogen (secondary N) is 1. The standard InChI is InChI=1S/C14H26N6/c1-10-9-20(7-6-19(10)5)12-8-11(18-15)16-13(17-12)14(2,3)4/h8,10H,6-7,9,15H2,1-5H3,(H,16,17,18). The van der Waals surface area contributed by atoms with Crippen molar-refractivity contribution in [3.8, 4) is 0 Å². The van der Waals surface area contributed by atoms with Crippen LogP contribution in [0.1, 0.15) is 33.5 Å². The molecule has 1 aromatic heterocycles. The summed E-state index contributed by atoms with van der Waals surface area (Å²) < 4.78 is 0. The molecule has 0 aromatic carbocycles. The van der Waals surface area contributed by atoms with Gasteiger partial charge in [-0.2, -0.15) is 0 Å². The van der Waals surface area contributed by atoms with E-state index < -0.39 is 0 Å². The molecule has 6 heteroatoms. The molecule has 1 saturated heterocycles. The molecule has 1 atom stereocenters. The summed E-state index contributed by atoms with van der Waals surface area (Å²) in [6, 6.07) is 2.44. The van der Waals surface area contributed by atoms with Gasteiger partial charge in [-0.3, -0.25) is 0 Å². The molecule has 1 aromatic rings. The minimum atomic E-state index is -0.0974. The molecule has 0 amide bonds. The van der Waals surface area contributed by atoms with Crippen molar-refractivity contribution < 1.29 is 0 Å². The summed E-state index contributed by atoms with van der Waals surface area (Å²) in [5, 5.41) is 0. The van der Waals surface area contributed by atoms with Crippen LogP contribution >= 0.6 is 0 Å². The first-order valence-electron chi connectivity index (χ1n) is 7.12. The fourth-order valence-electron chi connectivity index (χ4n) is 2.26. The lowest BCUT2D eigenvalue weighted by Crippen LogP contribution is -2.50. The van der Waals surface area contributed by atoms with Gasteiger partial charge in [-0.1, -0.05) is 20.8 Å². The maximum atomic E-state index is 5.54. The summed E-state index contributed by atoms with van der Waals surface area (Å²) in [6.07, 6.45) is 0. The van der Waals surface area contributed by atoms with Gasteiger partial charge in [0.05, 0.1) is 0 Å². The van der Waals surface area contributed by atoms with E-state index in [2.05, 4.69) is 55.0 Å².